The Labute approximate surface area is 109 Å². The van der Waals surface area contributed by atoms with Crippen LogP contribution in [0.4, 0.5) is 5.13 Å². The second-order valence-electron chi connectivity index (χ2n) is 3.89. The third-order valence-electron chi connectivity index (χ3n) is 2.61. The summed E-state index contributed by atoms with van der Waals surface area (Å²) >= 11 is 1.60. The molecule has 0 unspecified atom stereocenters. The Balaban J connectivity index is 1.68. The van der Waals surface area contributed by atoms with Crippen molar-refractivity contribution in [3.05, 3.63) is 59.9 Å². The molecule has 1 N–H and O–H groups in total. The van der Waals surface area contributed by atoms with Crippen molar-refractivity contribution < 1.29 is 4.42 Å². The number of thiazole rings is 1. The summed E-state index contributed by atoms with van der Waals surface area (Å²) < 4.78 is 5.05. The van der Waals surface area contributed by atoms with E-state index in [-0.39, 0.29) is 0 Å². The van der Waals surface area contributed by atoms with Crippen LogP contribution in [-0.4, -0.2) is 4.98 Å². The number of nitrogens with zero attached hydrogens (tertiary/aromatic N) is 1. The third kappa shape index (κ3) is 2.43. The van der Waals surface area contributed by atoms with Crippen LogP contribution in [0.1, 0.15) is 5.56 Å². The van der Waals surface area contributed by atoms with Gasteiger partial charge in [-0.25, -0.2) is 4.98 Å². The summed E-state index contributed by atoms with van der Waals surface area (Å²) in [7, 11) is 0. The minimum atomic E-state index is 0.791. The van der Waals surface area contributed by atoms with E-state index in [1.807, 2.05) is 29.6 Å². The smallest absolute Gasteiger partial charge is 0.183 e. The zero-order chi connectivity index (χ0) is 12.2. The van der Waals surface area contributed by atoms with Gasteiger partial charge in [0, 0.05) is 17.5 Å². The Kier molecular flexibility index (Phi) is 3.10. The Hall–Kier alpha value is -2.07. The zero-order valence-corrected chi connectivity index (χ0v) is 10.5. The summed E-state index contributed by atoms with van der Waals surface area (Å²) in [5.41, 5.74) is 3.21. The van der Waals surface area contributed by atoms with Crippen molar-refractivity contribution in [2.24, 2.45) is 0 Å². The van der Waals surface area contributed by atoms with Crippen molar-refractivity contribution >= 4 is 16.5 Å². The van der Waals surface area contributed by atoms with Crippen molar-refractivity contribution in [3.8, 4) is 11.3 Å². The fourth-order valence-electron chi connectivity index (χ4n) is 1.67. The van der Waals surface area contributed by atoms with Gasteiger partial charge in [0.25, 0.3) is 0 Å². The average molecular weight is 256 g/mol. The van der Waals surface area contributed by atoms with Crippen LogP contribution >= 0.6 is 11.3 Å². The number of benzene rings is 1. The standard InChI is InChI=1S/C14H12N2OS/c1-2-4-11(5-3-1)8-15-14-16-13(10-18-14)12-6-7-17-9-12/h1-7,9-10H,8H2,(H,15,16). The van der Waals surface area contributed by atoms with E-state index in [0.29, 0.717) is 0 Å². The van der Waals surface area contributed by atoms with Crippen molar-refractivity contribution in [2.75, 3.05) is 5.32 Å². The minimum absolute atomic E-state index is 0.791. The Morgan fingerprint density at radius 1 is 1.17 bits per heavy atom. The van der Waals surface area contributed by atoms with E-state index < -0.39 is 0 Å². The van der Waals surface area contributed by atoms with Gasteiger partial charge in [-0.1, -0.05) is 30.3 Å². The number of hydrogen-bond donors (Lipinski definition) is 1. The van der Waals surface area contributed by atoms with Gasteiger partial charge in [0.05, 0.1) is 18.2 Å². The van der Waals surface area contributed by atoms with Gasteiger partial charge < -0.3 is 9.73 Å². The van der Waals surface area contributed by atoms with Crippen LogP contribution in [0.2, 0.25) is 0 Å². The normalized spacial score (nSPS) is 10.4. The maximum atomic E-state index is 5.05. The molecular weight excluding hydrogens is 244 g/mol. The molecule has 0 amide bonds. The lowest BCUT2D eigenvalue weighted by Crippen LogP contribution is -1.98. The van der Waals surface area contributed by atoms with E-state index in [4.69, 9.17) is 4.42 Å². The molecule has 0 saturated carbocycles. The predicted octanol–water partition coefficient (Wildman–Crippen LogP) is 4.02. The van der Waals surface area contributed by atoms with Crippen molar-refractivity contribution in [1.82, 2.24) is 4.98 Å². The highest BCUT2D eigenvalue weighted by Crippen LogP contribution is 2.25. The third-order valence-corrected chi connectivity index (χ3v) is 3.41. The van der Waals surface area contributed by atoms with Crippen molar-refractivity contribution in [3.63, 3.8) is 0 Å². The van der Waals surface area contributed by atoms with Gasteiger partial charge in [-0.15, -0.1) is 11.3 Å². The monoisotopic (exact) mass is 256 g/mol. The largest absolute Gasteiger partial charge is 0.472 e. The number of hydrogen-bond acceptors (Lipinski definition) is 4. The summed E-state index contributed by atoms with van der Waals surface area (Å²) in [6.45, 7) is 0.791. The molecule has 0 bridgehead atoms. The first-order valence-corrected chi connectivity index (χ1v) is 6.56. The van der Waals surface area contributed by atoms with Crippen molar-refractivity contribution in [2.45, 2.75) is 6.54 Å². The summed E-state index contributed by atoms with van der Waals surface area (Å²) in [6.07, 6.45) is 3.36. The molecule has 0 aliphatic heterocycles. The van der Waals surface area contributed by atoms with Crippen molar-refractivity contribution in [1.29, 1.82) is 0 Å². The Morgan fingerprint density at radius 3 is 2.83 bits per heavy atom. The van der Waals surface area contributed by atoms with Crippen LogP contribution < -0.4 is 5.32 Å². The maximum Gasteiger partial charge on any atom is 0.183 e. The molecule has 2 aromatic heterocycles. The molecule has 0 aliphatic carbocycles. The molecule has 4 heteroatoms. The fourth-order valence-corrected chi connectivity index (χ4v) is 2.39. The highest BCUT2D eigenvalue weighted by molar-refractivity contribution is 7.14. The quantitative estimate of drug-likeness (QED) is 0.766. The van der Waals surface area contributed by atoms with Crippen LogP contribution in [0.5, 0.6) is 0 Å². The van der Waals surface area contributed by atoms with Gasteiger partial charge in [0.2, 0.25) is 0 Å². The topological polar surface area (TPSA) is 38.1 Å². The van der Waals surface area contributed by atoms with E-state index in [9.17, 15) is 0 Å². The van der Waals surface area contributed by atoms with E-state index in [1.165, 1.54) is 5.56 Å². The molecule has 3 aromatic rings. The lowest BCUT2D eigenvalue weighted by atomic mass is 10.2. The predicted molar refractivity (Wildman–Crippen MR) is 73.6 cm³/mol. The molecule has 1 aromatic carbocycles. The minimum Gasteiger partial charge on any atom is -0.472 e. The first-order chi connectivity index (χ1) is 8.92. The van der Waals surface area contributed by atoms with Crippen LogP contribution in [0.3, 0.4) is 0 Å². The number of aromatic nitrogens is 1. The van der Waals surface area contributed by atoms with Gasteiger partial charge in [0.1, 0.15) is 0 Å². The van der Waals surface area contributed by atoms with Crippen LogP contribution in [0.15, 0.2) is 58.7 Å². The first kappa shape index (κ1) is 11.0. The summed E-state index contributed by atoms with van der Waals surface area (Å²) in [6, 6.07) is 12.2. The second-order valence-corrected chi connectivity index (χ2v) is 4.75. The number of nitrogens with one attached hydrogen (secondary N) is 1. The maximum absolute atomic E-state index is 5.05. The van der Waals surface area contributed by atoms with Crippen LogP contribution in [0.25, 0.3) is 11.3 Å². The SMILES string of the molecule is c1ccc(CNc2nc(-c3ccoc3)cs2)cc1. The van der Waals surface area contributed by atoms with E-state index in [1.54, 1.807) is 23.9 Å². The van der Waals surface area contributed by atoms with E-state index in [0.717, 1.165) is 22.9 Å². The molecule has 2 heterocycles. The summed E-state index contributed by atoms with van der Waals surface area (Å²) in [5, 5.41) is 6.27. The van der Waals surface area contributed by atoms with Gasteiger partial charge >= 0.3 is 0 Å². The Bertz CT molecular complexity index is 602. The highest BCUT2D eigenvalue weighted by atomic mass is 32.1. The molecule has 0 saturated heterocycles. The highest BCUT2D eigenvalue weighted by Gasteiger charge is 2.05. The number of furan rings is 1. The second kappa shape index (κ2) is 5.06. The molecule has 0 spiro atoms. The van der Waals surface area contributed by atoms with Crippen LogP contribution in [-0.2, 0) is 6.54 Å². The lowest BCUT2D eigenvalue weighted by molar-refractivity contribution is 0.568. The molecule has 18 heavy (non-hydrogen) atoms. The molecule has 0 aliphatic rings. The van der Waals surface area contributed by atoms with Crippen LogP contribution in [0, 0.1) is 0 Å². The molecule has 0 radical (unpaired) electrons. The first-order valence-electron chi connectivity index (χ1n) is 5.68. The van der Waals surface area contributed by atoms with Gasteiger partial charge in [0.15, 0.2) is 5.13 Å². The van der Waals surface area contributed by atoms with E-state index in [2.05, 4.69) is 22.4 Å². The van der Waals surface area contributed by atoms with Gasteiger partial charge in [-0.2, -0.15) is 0 Å². The van der Waals surface area contributed by atoms with E-state index >= 15 is 0 Å². The van der Waals surface area contributed by atoms with Gasteiger partial charge in [-0.3, -0.25) is 0 Å². The molecule has 3 nitrogen and oxygen atoms in total. The van der Waals surface area contributed by atoms with Gasteiger partial charge in [-0.05, 0) is 11.6 Å². The number of rotatable bonds is 4. The summed E-state index contributed by atoms with van der Waals surface area (Å²) in [4.78, 5) is 4.52. The lowest BCUT2D eigenvalue weighted by Gasteiger charge is -2.01. The molecule has 90 valence electrons. The molecule has 0 atom stereocenters. The summed E-state index contributed by atoms with van der Waals surface area (Å²) in [5.74, 6) is 0. The zero-order valence-electron chi connectivity index (χ0n) is 9.67. The Morgan fingerprint density at radius 2 is 2.06 bits per heavy atom. The molecular formula is C14H12N2OS. The number of anilines is 1. The molecule has 3 rings (SSSR count). The average Bonchev–Trinajstić information content (AvgIpc) is 3.08. The fraction of sp³-hybridized carbons (Fsp3) is 0.0714. The molecule has 0 fully saturated rings.